The van der Waals surface area contributed by atoms with Gasteiger partial charge in [-0.15, -0.1) is 0 Å². The normalized spacial score (nSPS) is 13.0. The van der Waals surface area contributed by atoms with Gasteiger partial charge in [0.05, 0.1) is 15.9 Å². The van der Waals surface area contributed by atoms with Gasteiger partial charge in [0.2, 0.25) is 0 Å². The molecular weight excluding hydrogens is 682 g/mol. The summed E-state index contributed by atoms with van der Waals surface area (Å²) in [5.41, 5.74) is -10.6. The van der Waals surface area contributed by atoms with E-state index in [4.69, 9.17) is 0 Å². The quantitative estimate of drug-likeness (QED) is 0.149. The molecule has 0 spiro atoms. The van der Waals surface area contributed by atoms with Crippen molar-refractivity contribution < 1.29 is 92.2 Å². The predicted molar refractivity (Wildman–Crippen MR) is 99.7 cm³/mol. The van der Waals surface area contributed by atoms with Crippen molar-refractivity contribution in [1.29, 1.82) is 0 Å². The van der Waals surface area contributed by atoms with Crippen molar-refractivity contribution in [2.75, 3.05) is 0 Å². The van der Waals surface area contributed by atoms with E-state index in [2.05, 4.69) is 0 Å². The third-order valence-corrected chi connectivity index (χ3v) is 7.76. The number of rotatable bonds is 3. The largest absolute Gasteiger partial charge is 0.422 e. The van der Waals surface area contributed by atoms with Crippen LogP contribution in [0.15, 0.2) is 0 Å². The highest BCUT2D eigenvalue weighted by Gasteiger charge is 2.50. The van der Waals surface area contributed by atoms with Crippen LogP contribution in [-0.2, 0) is 18.5 Å². The van der Waals surface area contributed by atoms with Crippen LogP contribution in [0.1, 0.15) is 16.7 Å². The van der Waals surface area contributed by atoms with E-state index in [0.29, 0.717) is 0 Å². The summed E-state index contributed by atoms with van der Waals surface area (Å²) in [6.07, 6.45) is -19.2. The van der Waals surface area contributed by atoms with E-state index in [-0.39, 0.29) is 0 Å². The fourth-order valence-corrected chi connectivity index (χ4v) is 5.97. The maximum atomic E-state index is 14.8. The smallest absolute Gasteiger partial charge is 0.203 e. The van der Waals surface area contributed by atoms with Crippen LogP contribution in [0.5, 0.6) is 0 Å². The van der Waals surface area contributed by atoms with Crippen molar-refractivity contribution in [3.63, 3.8) is 0 Å². The highest BCUT2D eigenvalue weighted by atomic mass is 31.1. The molecule has 3 aromatic rings. The van der Waals surface area contributed by atoms with E-state index in [9.17, 15) is 92.2 Å². The summed E-state index contributed by atoms with van der Waals surface area (Å²) in [5.74, 6) is -43.6. The van der Waals surface area contributed by atoms with Gasteiger partial charge in [-0.2, -0.15) is 39.5 Å². The lowest BCUT2D eigenvalue weighted by Crippen LogP contribution is -2.37. The van der Waals surface area contributed by atoms with E-state index < -0.39 is 129 Å². The molecule has 0 N–H and O–H groups in total. The summed E-state index contributed by atoms with van der Waals surface area (Å²) in [6.45, 7) is 0. The van der Waals surface area contributed by atoms with Crippen LogP contribution >= 0.6 is 7.92 Å². The minimum atomic E-state index is -6.41. The highest BCUT2D eigenvalue weighted by molar-refractivity contribution is 7.79. The Morgan fingerprint density at radius 3 is 0.512 bits per heavy atom. The minimum absolute atomic E-state index is 3.19. The molecule has 0 nitrogen and oxygen atoms in total. The molecular formula is C21F21P. The minimum Gasteiger partial charge on any atom is -0.203 e. The number of halogens is 21. The molecule has 0 heterocycles. The molecule has 3 rings (SSSR count). The first-order chi connectivity index (χ1) is 19.3. The Morgan fingerprint density at radius 1 is 0.256 bits per heavy atom. The number of benzene rings is 3. The molecule has 0 bridgehead atoms. The van der Waals surface area contributed by atoms with Gasteiger partial charge in [0.1, 0.15) is 16.7 Å². The Bertz CT molecular complexity index is 1360. The second-order valence-corrected chi connectivity index (χ2v) is 9.78. The SMILES string of the molecule is Fc1c(F)c(C(F)(F)F)c(F)c(F)c1P(c1c(F)c(F)c(C(F)(F)F)c(F)c1F)c1c(F)c(F)c(C(F)(F)F)c(F)c1F. The Hall–Kier alpha value is -3.38. The van der Waals surface area contributed by atoms with Crippen molar-refractivity contribution in [2.45, 2.75) is 18.5 Å². The first-order valence-corrected chi connectivity index (χ1v) is 11.2. The van der Waals surface area contributed by atoms with Crippen LogP contribution in [-0.4, -0.2) is 0 Å². The molecule has 0 saturated heterocycles. The molecule has 0 fully saturated rings. The van der Waals surface area contributed by atoms with Gasteiger partial charge in [0.15, 0.2) is 69.8 Å². The highest BCUT2D eigenvalue weighted by Crippen LogP contribution is 2.47. The van der Waals surface area contributed by atoms with Gasteiger partial charge in [-0.25, -0.2) is 52.7 Å². The van der Waals surface area contributed by atoms with Crippen molar-refractivity contribution in [3.8, 4) is 0 Å². The van der Waals surface area contributed by atoms with Crippen molar-refractivity contribution in [1.82, 2.24) is 0 Å². The van der Waals surface area contributed by atoms with Crippen LogP contribution in [0.2, 0.25) is 0 Å². The monoisotopic (exact) mass is 682 g/mol. The molecule has 0 aromatic heterocycles. The fraction of sp³-hybridized carbons (Fsp3) is 0.143. The van der Waals surface area contributed by atoms with Crippen LogP contribution in [0.3, 0.4) is 0 Å². The summed E-state index contributed by atoms with van der Waals surface area (Å²) >= 11 is 0. The zero-order valence-electron chi connectivity index (χ0n) is 18.9. The molecule has 0 aliphatic heterocycles. The maximum absolute atomic E-state index is 14.8. The van der Waals surface area contributed by atoms with E-state index in [1.54, 1.807) is 0 Å². The average Bonchev–Trinajstić information content (AvgIpc) is 2.83. The van der Waals surface area contributed by atoms with Crippen molar-refractivity contribution >= 4 is 23.8 Å². The third kappa shape index (κ3) is 5.32. The first-order valence-electron chi connectivity index (χ1n) is 9.89. The van der Waals surface area contributed by atoms with Gasteiger partial charge in [0.25, 0.3) is 0 Å². The van der Waals surface area contributed by atoms with Gasteiger partial charge in [0, 0.05) is 7.92 Å². The molecule has 0 saturated carbocycles. The van der Waals surface area contributed by atoms with Crippen LogP contribution in [0, 0.1) is 69.8 Å². The van der Waals surface area contributed by atoms with E-state index >= 15 is 0 Å². The van der Waals surface area contributed by atoms with Gasteiger partial charge in [-0.05, 0) is 0 Å². The maximum Gasteiger partial charge on any atom is 0.422 e. The van der Waals surface area contributed by atoms with E-state index in [0.717, 1.165) is 0 Å². The second kappa shape index (κ2) is 10.7. The van der Waals surface area contributed by atoms with Crippen LogP contribution in [0.25, 0.3) is 0 Å². The summed E-state index contributed by atoms with van der Waals surface area (Å²) in [7, 11) is -5.60. The molecule has 0 radical (unpaired) electrons. The predicted octanol–water partition coefficient (Wildman–Crippen LogP) is 8.17. The molecule has 43 heavy (non-hydrogen) atoms. The lowest BCUT2D eigenvalue weighted by Gasteiger charge is -2.26. The summed E-state index contributed by atoms with van der Waals surface area (Å²) in [4.78, 5) is 0. The van der Waals surface area contributed by atoms with Gasteiger partial charge in [-0.3, -0.25) is 0 Å². The molecule has 0 unspecified atom stereocenters. The molecule has 0 aliphatic rings. The van der Waals surface area contributed by atoms with E-state index in [1.165, 1.54) is 0 Å². The topological polar surface area (TPSA) is 0 Å². The second-order valence-electron chi connectivity index (χ2n) is 7.77. The standard InChI is InChI=1S/C21F21P/c22-4-1(19(34,35)36)5(23)11(29)16(10(4)28)43(17-12(30)6(24)2(20(37,38)39)7(25)13(17)31)18-14(32)8(26)3(21(40,41)42)9(27)15(18)33. The molecule has 3 aromatic carbocycles. The molecule has 22 heteroatoms. The van der Waals surface area contributed by atoms with Crippen LogP contribution < -0.4 is 15.9 Å². The van der Waals surface area contributed by atoms with Crippen LogP contribution in [0.4, 0.5) is 92.2 Å². The lowest BCUT2D eigenvalue weighted by molar-refractivity contribution is -0.144. The molecule has 0 atom stereocenters. The van der Waals surface area contributed by atoms with E-state index in [1.807, 2.05) is 0 Å². The lowest BCUT2D eigenvalue weighted by atomic mass is 10.1. The molecule has 0 aliphatic carbocycles. The third-order valence-electron chi connectivity index (χ3n) is 5.24. The zero-order chi connectivity index (χ0) is 33.5. The average molecular weight is 682 g/mol. The van der Waals surface area contributed by atoms with Crippen molar-refractivity contribution in [3.05, 3.63) is 86.5 Å². The first kappa shape index (κ1) is 34.1. The van der Waals surface area contributed by atoms with Gasteiger partial charge < -0.3 is 0 Å². The Morgan fingerprint density at radius 2 is 0.395 bits per heavy atom. The zero-order valence-corrected chi connectivity index (χ0v) is 19.8. The summed E-state index contributed by atoms with van der Waals surface area (Å²) in [5, 5.41) is -9.57. The number of hydrogen-bond acceptors (Lipinski definition) is 0. The summed E-state index contributed by atoms with van der Waals surface area (Å²) < 4.78 is 291. The van der Waals surface area contributed by atoms with Gasteiger partial charge in [-0.1, -0.05) is 0 Å². The van der Waals surface area contributed by atoms with Gasteiger partial charge >= 0.3 is 18.5 Å². The fourth-order valence-electron chi connectivity index (χ4n) is 3.53. The molecule has 236 valence electrons. The number of hydrogen-bond donors (Lipinski definition) is 0. The Kier molecular flexibility index (Phi) is 8.45. The molecule has 0 amide bonds. The summed E-state index contributed by atoms with van der Waals surface area (Å²) in [6, 6.07) is 0. The van der Waals surface area contributed by atoms with Crippen molar-refractivity contribution in [2.24, 2.45) is 0 Å². The Balaban J connectivity index is 2.74. The Labute approximate surface area is 222 Å². The number of alkyl halides is 9.